The second-order valence-corrected chi connectivity index (χ2v) is 4.26. The van der Waals surface area contributed by atoms with Gasteiger partial charge in [-0.25, -0.2) is 0 Å². The molecule has 0 aromatic rings. The fraction of sp³-hybridized carbons (Fsp3) is 0.417. The van der Waals surface area contributed by atoms with Crippen molar-refractivity contribution in [3.8, 4) is 0 Å². The highest BCUT2D eigenvalue weighted by atomic mass is 16.4. The SMILES string of the molecule is CC1C=C/C(=C2\C=CN(CC(=O)O)N2)CC1. The van der Waals surface area contributed by atoms with Gasteiger partial charge in [-0.3, -0.25) is 15.2 Å². The van der Waals surface area contributed by atoms with Crippen molar-refractivity contribution in [2.24, 2.45) is 5.92 Å². The van der Waals surface area contributed by atoms with Crippen LogP contribution in [0.4, 0.5) is 0 Å². The Hall–Kier alpha value is -1.71. The number of nitrogens with zero attached hydrogens (tertiary/aromatic N) is 1. The van der Waals surface area contributed by atoms with E-state index in [0.717, 1.165) is 18.5 Å². The number of carbonyl (C=O) groups is 1. The molecule has 0 saturated heterocycles. The van der Waals surface area contributed by atoms with Crippen molar-refractivity contribution in [3.05, 3.63) is 35.7 Å². The number of hydrogen-bond acceptors (Lipinski definition) is 3. The van der Waals surface area contributed by atoms with Crippen molar-refractivity contribution in [1.29, 1.82) is 0 Å². The zero-order chi connectivity index (χ0) is 11.5. The standard InChI is InChI=1S/C12H16N2O2/c1-9-2-4-10(5-3-9)11-6-7-14(13-11)8-12(15)16/h2,4,6-7,9,13H,3,5,8H2,1H3,(H,15,16)/b11-10-. The van der Waals surface area contributed by atoms with Gasteiger partial charge >= 0.3 is 5.97 Å². The molecule has 1 heterocycles. The third-order valence-electron chi connectivity index (χ3n) is 2.83. The molecule has 1 aliphatic carbocycles. The number of aliphatic carboxylic acids is 1. The van der Waals surface area contributed by atoms with E-state index in [4.69, 9.17) is 5.11 Å². The maximum Gasteiger partial charge on any atom is 0.325 e. The Balaban J connectivity index is 2.03. The predicted molar refractivity (Wildman–Crippen MR) is 61.2 cm³/mol. The lowest BCUT2D eigenvalue weighted by atomic mass is 9.93. The molecule has 16 heavy (non-hydrogen) atoms. The predicted octanol–water partition coefficient (Wildman–Crippen LogP) is 1.65. The molecule has 0 spiro atoms. The van der Waals surface area contributed by atoms with Crippen LogP contribution >= 0.6 is 0 Å². The van der Waals surface area contributed by atoms with Crippen LogP contribution in [-0.2, 0) is 4.79 Å². The minimum Gasteiger partial charge on any atom is -0.480 e. The molecule has 0 aromatic carbocycles. The maximum absolute atomic E-state index is 10.5. The molecule has 2 N–H and O–H groups in total. The van der Waals surface area contributed by atoms with Crippen LogP contribution in [0.5, 0.6) is 0 Å². The molecule has 86 valence electrons. The van der Waals surface area contributed by atoms with Crippen LogP contribution in [-0.4, -0.2) is 22.6 Å². The highest BCUT2D eigenvalue weighted by Gasteiger charge is 2.15. The lowest BCUT2D eigenvalue weighted by molar-refractivity contribution is -0.138. The summed E-state index contributed by atoms with van der Waals surface area (Å²) in [5.74, 6) is -0.193. The average molecular weight is 220 g/mol. The molecule has 0 saturated carbocycles. The first-order valence-electron chi connectivity index (χ1n) is 5.50. The summed E-state index contributed by atoms with van der Waals surface area (Å²) in [6, 6.07) is 0. The van der Waals surface area contributed by atoms with Crippen molar-refractivity contribution in [1.82, 2.24) is 10.4 Å². The van der Waals surface area contributed by atoms with Crippen LogP contribution < -0.4 is 5.43 Å². The lowest BCUT2D eigenvalue weighted by Crippen LogP contribution is -2.33. The number of allylic oxidation sites excluding steroid dienone is 4. The third-order valence-corrected chi connectivity index (χ3v) is 2.83. The van der Waals surface area contributed by atoms with Crippen molar-refractivity contribution < 1.29 is 9.90 Å². The Labute approximate surface area is 94.9 Å². The van der Waals surface area contributed by atoms with E-state index in [9.17, 15) is 4.79 Å². The van der Waals surface area contributed by atoms with E-state index < -0.39 is 5.97 Å². The molecule has 0 fully saturated rings. The van der Waals surface area contributed by atoms with Crippen molar-refractivity contribution >= 4 is 5.97 Å². The van der Waals surface area contributed by atoms with Gasteiger partial charge in [0.2, 0.25) is 0 Å². The smallest absolute Gasteiger partial charge is 0.325 e. The minimum absolute atomic E-state index is 0.0204. The topological polar surface area (TPSA) is 52.6 Å². The van der Waals surface area contributed by atoms with Crippen LogP contribution in [0, 0.1) is 5.92 Å². The number of rotatable bonds is 2. The van der Waals surface area contributed by atoms with Crippen molar-refractivity contribution in [2.45, 2.75) is 19.8 Å². The molecule has 2 rings (SSSR count). The van der Waals surface area contributed by atoms with Crippen LogP contribution in [0.25, 0.3) is 0 Å². The summed E-state index contributed by atoms with van der Waals surface area (Å²) in [6.45, 7) is 2.18. The first kappa shape index (κ1) is 10.8. The van der Waals surface area contributed by atoms with E-state index in [2.05, 4.69) is 24.5 Å². The number of hydrogen-bond donors (Lipinski definition) is 2. The molecule has 1 unspecified atom stereocenters. The summed E-state index contributed by atoms with van der Waals surface area (Å²) in [5.41, 5.74) is 5.35. The van der Waals surface area contributed by atoms with E-state index in [1.807, 2.05) is 6.08 Å². The molecular formula is C12H16N2O2. The van der Waals surface area contributed by atoms with Crippen LogP contribution in [0.1, 0.15) is 19.8 Å². The van der Waals surface area contributed by atoms with E-state index in [1.54, 1.807) is 11.2 Å². The third kappa shape index (κ3) is 2.45. The Bertz CT molecular complexity index is 382. The summed E-state index contributed by atoms with van der Waals surface area (Å²) in [4.78, 5) is 10.5. The largest absolute Gasteiger partial charge is 0.480 e. The normalized spacial score (nSPS) is 28.3. The van der Waals surface area contributed by atoms with Gasteiger partial charge < -0.3 is 5.11 Å². The van der Waals surface area contributed by atoms with Gasteiger partial charge in [-0.05, 0) is 30.4 Å². The van der Waals surface area contributed by atoms with E-state index in [1.165, 1.54) is 5.57 Å². The molecule has 1 atom stereocenters. The number of carboxylic acid groups (broad SMARTS) is 1. The zero-order valence-electron chi connectivity index (χ0n) is 9.31. The molecule has 0 radical (unpaired) electrons. The monoisotopic (exact) mass is 220 g/mol. The second-order valence-electron chi connectivity index (χ2n) is 4.26. The summed E-state index contributed by atoms with van der Waals surface area (Å²) in [6.07, 6.45) is 10.2. The Morgan fingerprint density at radius 3 is 3.06 bits per heavy atom. The molecule has 0 amide bonds. The van der Waals surface area contributed by atoms with Gasteiger partial charge in [0.1, 0.15) is 6.54 Å². The number of carboxylic acids is 1. The summed E-state index contributed by atoms with van der Waals surface area (Å²) in [7, 11) is 0. The van der Waals surface area contributed by atoms with Gasteiger partial charge in [0.25, 0.3) is 0 Å². The van der Waals surface area contributed by atoms with E-state index in [0.29, 0.717) is 5.92 Å². The molecule has 4 nitrogen and oxygen atoms in total. The highest BCUT2D eigenvalue weighted by molar-refractivity contribution is 5.69. The van der Waals surface area contributed by atoms with Gasteiger partial charge in [-0.2, -0.15) is 0 Å². The first-order chi connectivity index (χ1) is 7.65. The van der Waals surface area contributed by atoms with Crippen molar-refractivity contribution in [3.63, 3.8) is 0 Å². The van der Waals surface area contributed by atoms with Gasteiger partial charge in [0, 0.05) is 6.20 Å². The molecule has 4 heteroatoms. The van der Waals surface area contributed by atoms with Crippen LogP contribution in [0.2, 0.25) is 0 Å². The Morgan fingerprint density at radius 1 is 1.62 bits per heavy atom. The summed E-state index contributed by atoms with van der Waals surface area (Å²) >= 11 is 0. The second kappa shape index (κ2) is 4.43. The molecule has 1 aliphatic heterocycles. The molecule has 0 bridgehead atoms. The fourth-order valence-corrected chi connectivity index (χ4v) is 1.88. The number of hydrazine groups is 1. The van der Waals surface area contributed by atoms with Crippen molar-refractivity contribution in [2.75, 3.05) is 6.54 Å². The molecule has 2 aliphatic rings. The maximum atomic E-state index is 10.5. The van der Waals surface area contributed by atoms with Gasteiger partial charge in [0.05, 0.1) is 5.70 Å². The minimum atomic E-state index is -0.837. The Kier molecular flexibility index (Phi) is 2.99. The molecular weight excluding hydrogens is 204 g/mol. The zero-order valence-corrected chi connectivity index (χ0v) is 9.31. The van der Waals surface area contributed by atoms with Crippen LogP contribution in [0.3, 0.4) is 0 Å². The molecule has 0 aromatic heterocycles. The van der Waals surface area contributed by atoms with E-state index in [-0.39, 0.29) is 6.54 Å². The first-order valence-corrected chi connectivity index (χ1v) is 5.50. The van der Waals surface area contributed by atoms with Crippen LogP contribution in [0.15, 0.2) is 35.7 Å². The van der Waals surface area contributed by atoms with Gasteiger partial charge in [-0.1, -0.05) is 19.1 Å². The fourth-order valence-electron chi connectivity index (χ4n) is 1.88. The number of nitrogens with one attached hydrogen (secondary N) is 1. The van der Waals surface area contributed by atoms with E-state index >= 15 is 0 Å². The average Bonchev–Trinajstić information content (AvgIpc) is 2.66. The summed E-state index contributed by atoms with van der Waals surface area (Å²) < 4.78 is 0. The van der Waals surface area contributed by atoms with Gasteiger partial charge in [0.15, 0.2) is 0 Å². The summed E-state index contributed by atoms with van der Waals surface area (Å²) in [5, 5.41) is 10.2. The quantitative estimate of drug-likeness (QED) is 0.743. The van der Waals surface area contributed by atoms with Gasteiger partial charge in [-0.15, -0.1) is 0 Å². The Morgan fingerprint density at radius 2 is 2.44 bits per heavy atom. The highest BCUT2D eigenvalue weighted by Crippen LogP contribution is 2.24. The lowest BCUT2D eigenvalue weighted by Gasteiger charge is -2.19.